The number of anilines is 2. The molecule has 2 aliphatic rings. The highest BCUT2D eigenvalue weighted by molar-refractivity contribution is 6.32. The molecule has 3 N–H and O–H groups in total. The van der Waals surface area contributed by atoms with Gasteiger partial charge in [-0.25, -0.2) is 9.37 Å². The molecule has 2 fully saturated rings. The summed E-state index contributed by atoms with van der Waals surface area (Å²) in [5.41, 5.74) is 1.94. The Bertz CT molecular complexity index is 1260. The lowest BCUT2D eigenvalue weighted by Crippen LogP contribution is -2.37. The highest BCUT2D eigenvalue weighted by Crippen LogP contribution is 2.50. The quantitative estimate of drug-likeness (QED) is 0.403. The number of nitrogens with one attached hydrogen (secondary N) is 2. The minimum atomic E-state index is -0.357. The first-order valence-corrected chi connectivity index (χ1v) is 12.2. The van der Waals surface area contributed by atoms with Crippen LogP contribution in [0.1, 0.15) is 27.9 Å². The van der Waals surface area contributed by atoms with Crippen LogP contribution in [0.15, 0.2) is 48.7 Å². The van der Waals surface area contributed by atoms with Crippen LogP contribution in [0.2, 0.25) is 5.02 Å². The van der Waals surface area contributed by atoms with Crippen molar-refractivity contribution in [3.05, 3.63) is 76.2 Å². The Kier molecular flexibility index (Phi) is 6.93. The van der Waals surface area contributed by atoms with Gasteiger partial charge in [0.1, 0.15) is 22.9 Å². The van der Waals surface area contributed by atoms with Crippen LogP contribution in [0.25, 0.3) is 0 Å². The van der Waals surface area contributed by atoms with E-state index < -0.39 is 0 Å². The van der Waals surface area contributed by atoms with Gasteiger partial charge < -0.3 is 25.4 Å². The molecule has 188 valence electrons. The number of piperidine rings is 1. The highest BCUT2D eigenvalue weighted by atomic mass is 35.5. The van der Waals surface area contributed by atoms with Gasteiger partial charge in [-0.15, -0.1) is 0 Å². The number of amides is 1. The first kappa shape index (κ1) is 24.3. The number of aliphatic hydroxyl groups is 1. The summed E-state index contributed by atoms with van der Waals surface area (Å²) < 4.78 is 18.4. The van der Waals surface area contributed by atoms with E-state index in [9.17, 15) is 14.3 Å². The van der Waals surface area contributed by atoms with Gasteiger partial charge in [0.2, 0.25) is 5.95 Å². The molecule has 1 amide bonds. The number of carbonyl (C=O) groups excluding carboxylic acids is 1. The second-order valence-corrected chi connectivity index (χ2v) is 9.53. The number of nitrogens with zero attached hydrogens (tertiary/aromatic N) is 3. The summed E-state index contributed by atoms with van der Waals surface area (Å²) in [6.45, 7) is 1.43. The Morgan fingerprint density at radius 1 is 1.22 bits per heavy atom. The SMILES string of the molecule is COc1ccc(CNc2nc(N3CC4CC4C3CO)ncc2C(=O)NCc2ccc(F)cc2)cc1Cl. The van der Waals surface area contributed by atoms with E-state index in [0.29, 0.717) is 40.9 Å². The van der Waals surface area contributed by atoms with Crippen molar-refractivity contribution in [1.29, 1.82) is 0 Å². The van der Waals surface area contributed by atoms with Crippen molar-refractivity contribution in [2.75, 3.05) is 30.5 Å². The minimum absolute atomic E-state index is 0.0126. The van der Waals surface area contributed by atoms with E-state index in [2.05, 4.69) is 15.6 Å². The Labute approximate surface area is 213 Å². The lowest BCUT2D eigenvalue weighted by atomic mass is 10.2. The standard InChI is InChI=1S/C26H27ClFN5O3/c1-36-23-7-4-16(8-21(23)27)11-29-24-20(25(35)30-10-15-2-5-18(28)6-3-15)12-31-26(32-24)33-13-17-9-19(17)22(33)14-34/h2-8,12,17,19,22,34H,9-11,13-14H2,1H3,(H,30,35)(H,29,31,32). The maximum absolute atomic E-state index is 13.2. The molecule has 1 aliphatic heterocycles. The maximum atomic E-state index is 13.2. The van der Waals surface area contributed by atoms with Gasteiger partial charge in [-0.05, 0) is 53.6 Å². The van der Waals surface area contributed by atoms with E-state index in [1.54, 1.807) is 31.4 Å². The molecule has 2 aromatic carbocycles. The van der Waals surface area contributed by atoms with Crippen molar-refractivity contribution in [3.63, 3.8) is 0 Å². The number of fused-ring (bicyclic) bond motifs is 1. The molecule has 1 saturated carbocycles. The molecule has 0 bridgehead atoms. The van der Waals surface area contributed by atoms with Crippen LogP contribution in [-0.2, 0) is 13.1 Å². The summed E-state index contributed by atoms with van der Waals surface area (Å²) in [5, 5.41) is 16.5. The molecule has 1 aromatic heterocycles. The lowest BCUT2D eigenvalue weighted by molar-refractivity contribution is 0.0951. The fourth-order valence-electron chi connectivity index (χ4n) is 4.73. The van der Waals surface area contributed by atoms with Crippen molar-refractivity contribution in [2.45, 2.75) is 25.6 Å². The second-order valence-electron chi connectivity index (χ2n) is 9.13. The largest absolute Gasteiger partial charge is 0.495 e. The molecule has 10 heteroatoms. The molecule has 1 saturated heterocycles. The first-order valence-electron chi connectivity index (χ1n) is 11.8. The zero-order valence-corrected chi connectivity index (χ0v) is 20.5. The number of carbonyl (C=O) groups is 1. The third-order valence-corrected chi connectivity index (χ3v) is 7.11. The number of aliphatic hydroxyl groups excluding tert-OH is 1. The smallest absolute Gasteiger partial charge is 0.256 e. The maximum Gasteiger partial charge on any atom is 0.256 e. The predicted octanol–water partition coefficient (Wildman–Crippen LogP) is 3.64. The van der Waals surface area contributed by atoms with Gasteiger partial charge >= 0.3 is 0 Å². The van der Waals surface area contributed by atoms with Gasteiger partial charge in [0.05, 0.1) is 24.8 Å². The van der Waals surface area contributed by atoms with Gasteiger partial charge in [0.25, 0.3) is 5.91 Å². The summed E-state index contributed by atoms with van der Waals surface area (Å²) in [5.74, 6) is 1.77. The molecule has 5 rings (SSSR count). The molecule has 3 unspecified atom stereocenters. The van der Waals surface area contributed by atoms with Crippen molar-refractivity contribution in [1.82, 2.24) is 15.3 Å². The lowest BCUT2D eigenvalue weighted by Gasteiger charge is -2.26. The van der Waals surface area contributed by atoms with Gasteiger partial charge in [-0.2, -0.15) is 4.98 Å². The molecular weight excluding hydrogens is 485 g/mol. The molecule has 8 nitrogen and oxygen atoms in total. The molecule has 2 heterocycles. The molecular formula is C26H27ClFN5O3. The van der Waals surface area contributed by atoms with Crippen molar-refractivity contribution < 1.29 is 19.0 Å². The van der Waals surface area contributed by atoms with E-state index in [1.165, 1.54) is 18.3 Å². The fraction of sp³-hybridized carbons (Fsp3) is 0.346. The van der Waals surface area contributed by atoms with Crippen LogP contribution in [0.4, 0.5) is 16.2 Å². The molecule has 0 spiro atoms. The normalized spacial score (nSPS) is 20.1. The number of methoxy groups -OCH3 is 1. The zero-order chi connectivity index (χ0) is 25.2. The summed E-state index contributed by atoms with van der Waals surface area (Å²) in [6, 6.07) is 11.4. The van der Waals surface area contributed by atoms with Crippen molar-refractivity contribution >= 4 is 29.3 Å². The van der Waals surface area contributed by atoms with Gasteiger partial charge in [-0.1, -0.05) is 29.8 Å². The summed E-state index contributed by atoms with van der Waals surface area (Å²) in [6.07, 6.45) is 2.62. The van der Waals surface area contributed by atoms with Gasteiger partial charge in [-0.3, -0.25) is 4.79 Å². The average Bonchev–Trinajstić information content (AvgIpc) is 3.56. The third-order valence-electron chi connectivity index (χ3n) is 6.81. The first-order chi connectivity index (χ1) is 17.5. The topological polar surface area (TPSA) is 99.6 Å². The monoisotopic (exact) mass is 511 g/mol. The number of ether oxygens (including phenoxy) is 1. The number of halogens is 2. The van der Waals surface area contributed by atoms with Crippen LogP contribution in [0.3, 0.4) is 0 Å². The minimum Gasteiger partial charge on any atom is -0.495 e. The Balaban J connectivity index is 1.37. The summed E-state index contributed by atoms with van der Waals surface area (Å²) >= 11 is 6.27. The van der Waals surface area contributed by atoms with Gasteiger partial charge in [0.15, 0.2) is 0 Å². The van der Waals surface area contributed by atoms with Gasteiger partial charge in [0, 0.05) is 25.8 Å². The Morgan fingerprint density at radius 2 is 2.00 bits per heavy atom. The van der Waals surface area contributed by atoms with Crippen molar-refractivity contribution in [3.8, 4) is 5.75 Å². The van der Waals surface area contributed by atoms with Crippen LogP contribution < -0.4 is 20.3 Å². The third kappa shape index (κ3) is 5.08. The van der Waals surface area contributed by atoms with Crippen molar-refractivity contribution in [2.24, 2.45) is 11.8 Å². The number of aromatic nitrogens is 2. The van der Waals surface area contributed by atoms with Crippen LogP contribution >= 0.6 is 11.6 Å². The Morgan fingerprint density at radius 3 is 2.72 bits per heavy atom. The number of rotatable bonds is 9. The van der Waals surface area contributed by atoms with E-state index in [-0.39, 0.29) is 36.5 Å². The zero-order valence-electron chi connectivity index (χ0n) is 19.7. The number of benzene rings is 2. The molecule has 36 heavy (non-hydrogen) atoms. The fourth-order valence-corrected chi connectivity index (χ4v) is 5.01. The molecule has 0 radical (unpaired) electrons. The molecule has 3 atom stereocenters. The Hall–Kier alpha value is -3.43. The molecule has 3 aromatic rings. The van der Waals surface area contributed by atoms with Crippen LogP contribution in [0, 0.1) is 17.7 Å². The highest BCUT2D eigenvalue weighted by Gasteiger charge is 2.53. The van der Waals surface area contributed by atoms with E-state index >= 15 is 0 Å². The van der Waals surface area contributed by atoms with Crippen LogP contribution in [0.5, 0.6) is 5.75 Å². The summed E-state index contributed by atoms with van der Waals surface area (Å²) in [4.78, 5) is 24.3. The predicted molar refractivity (Wildman–Crippen MR) is 135 cm³/mol. The average molecular weight is 512 g/mol. The number of hydrogen-bond acceptors (Lipinski definition) is 7. The van der Waals surface area contributed by atoms with E-state index in [1.807, 2.05) is 11.0 Å². The summed E-state index contributed by atoms with van der Waals surface area (Å²) in [7, 11) is 1.56. The van der Waals surface area contributed by atoms with E-state index in [4.69, 9.17) is 21.3 Å². The number of hydrogen-bond donors (Lipinski definition) is 3. The van der Waals surface area contributed by atoms with E-state index in [0.717, 1.165) is 24.1 Å². The second kappa shape index (κ2) is 10.3. The van der Waals surface area contributed by atoms with Crippen LogP contribution in [-0.4, -0.2) is 47.3 Å². The molecule has 1 aliphatic carbocycles.